The van der Waals surface area contributed by atoms with Crippen LogP contribution in [0.2, 0.25) is 0 Å². The topological polar surface area (TPSA) is 60.0 Å². The summed E-state index contributed by atoms with van der Waals surface area (Å²) in [6.45, 7) is 4.49. The van der Waals surface area contributed by atoms with Gasteiger partial charge < -0.3 is 20.4 Å². The molecule has 0 bridgehead atoms. The third kappa shape index (κ3) is 4.76. The van der Waals surface area contributed by atoms with Gasteiger partial charge in [-0.25, -0.2) is 0 Å². The first kappa shape index (κ1) is 18.4. The van der Waals surface area contributed by atoms with E-state index in [1.807, 2.05) is 18.8 Å². The Balaban J connectivity index is 1.98. The molecule has 6 nitrogen and oxygen atoms in total. The lowest BCUT2D eigenvalue weighted by atomic mass is 9.98. The third-order valence-electron chi connectivity index (χ3n) is 4.87. The number of likely N-dealkylation sites (N-methyl/N-ethyl adjacent to an activating group) is 2. The van der Waals surface area contributed by atoms with Crippen molar-refractivity contribution in [2.75, 3.05) is 52.3 Å². The number of likely N-dealkylation sites (tertiary alicyclic amines) is 1. The molecule has 0 aromatic heterocycles. The molecule has 1 amide bonds. The molecule has 132 valence electrons. The van der Waals surface area contributed by atoms with Crippen molar-refractivity contribution in [3.8, 4) is 0 Å². The molecule has 2 heterocycles. The third-order valence-corrected chi connectivity index (χ3v) is 6.11. The fourth-order valence-electron chi connectivity index (χ4n) is 3.08. The van der Waals surface area contributed by atoms with Crippen molar-refractivity contribution < 1.29 is 4.79 Å². The van der Waals surface area contributed by atoms with Gasteiger partial charge >= 0.3 is 0 Å². The molecule has 0 aliphatic carbocycles. The molecule has 0 aromatic carbocycles. The van der Waals surface area contributed by atoms with Gasteiger partial charge in [0.25, 0.3) is 0 Å². The Kier molecular flexibility index (Phi) is 6.59. The number of thioether (sulfide) groups is 1. The molecule has 0 spiro atoms. The fraction of sp³-hybridized carbons (Fsp3) is 0.875. The maximum Gasteiger partial charge on any atom is 0.222 e. The van der Waals surface area contributed by atoms with Gasteiger partial charge in [0.05, 0.1) is 6.54 Å². The van der Waals surface area contributed by atoms with E-state index in [0.29, 0.717) is 6.42 Å². The Labute approximate surface area is 144 Å². The minimum absolute atomic E-state index is 0.173. The van der Waals surface area contributed by atoms with E-state index in [1.165, 1.54) is 12.2 Å². The monoisotopic (exact) mass is 341 g/mol. The van der Waals surface area contributed by atoms with Crippen LogP contribution in [0.15, 0.2) is 4.99 Å². The quantitative estimate of drug-likeness (QED) is 0.566. The van der Waals surface area contributed by atoms with Crippen LogP contribution in [0, 0.1) is 0 Å². The Morgan fingerprint density at radius 3 is 2.87 bits per heavy atom. The number of rotatable bonds is 5. The molecular formula is C16H31N5OS. The summed E-state index contributed by atoms with van der Waals surface area (Å²) in [7, 11) is 6.18. The van der Waals surface area contributed by atoms with Gasteiger partial charge in [-0.05, 0) is 39.6 Å². The Morgan fingerprint density at radius 2 is 2.30 bits per heavy atom. The van der Waals surface area contributed by atoms with Gasteiger partial charge in [-0.1, -0.05) is 0 Å². The Hall–Kier alpha value is -0.950. The molecule has 23 heavy (non-hydrogen) atoms. The number of nitrogens with one attached hydrogen (secondary N) is 2. The molecular weight excluding hydrogens is 310 g/mol. The number of hydrogen-bond donors (Lipinski definition) is 2. The molecule has 2 aliphatic rings. The summed E-state index contributed by atoms with van der Waals surface area (Å²) in [5, 5.41) is 6.85. The number of aliphatic imine (C=N–C) groups is 1. The van der Waals surface area contributed by atoms with Gasteiger partial charge in [-0.2, -0.15) is 11.8 Å². The van der Waals surface area contributed by atoms with Crippen LogP contribution in [-0.4, -0.2) is 85.5 Å². The SMILES string of the molecule is CCNC(=NCC1(N(C)C)CCSC1)NC1CCC(=O)N(C)C1. The highest BCUT2D eigenvalue weighted by Crippen LogP contribution is 2.32. The van der Waals surface area contributed by atoms with Crippen molar-refractivity contribution in [3.05, 3.63) is 0 Å². The lowest BCUT2D eigenvalue weighted by Crippen LogP contribution is -2.53. The van der Waals surface area contributed by atoms with Crippen LogP contribution in [0.25, 0.3) is 0 Å². The van der Waals surface area contributed by atoms with Crippen LogP contribution in [0.1, 0.15) is 26.2 Å². The molecule has 2 saturated heterocycles. The van der Waals surface area contributed by atoms with Gasteiger partial charge in [-0.15, -0.1) is 0 Å². The van der Waals surface area contributed by atoms with Crippen LogP contribution < -0.4 is 10.6 Å². The summed E-state index contributed by atoms with van der Waals surface area (Å²) in [5.74, 6) is 3.47. The number of piperidine rings is 1. The Morgan fingerprint density at radius 1 is 1.52 bits per heavy atom. The van der Waals surface area contributed by atoms with Crippen LogP contribution >= 0.6 is 11.8 Å². The Bertz CT molecular complexity index is 434. The molecule has 2 unspecified atom stereocenters. The maximum atomic E-state index is 11.6. The van der Waals surface area contributed by atoms with Crippen molar-refractivity contribution in [2.45, 2.75) is 37.8 Å². The minimum atomic E-state index is 0.173. The van der Waals surface area contributed by atoms with Crippen molar-refractivity contribution in [2.24, 2.45) is 4.99 Å². The second-order valence-electron chi connectivity index (χ2n) is 6.77. The normalized spacial score (nSPS) is 29.3. The average molecular weight is 342 g/mol. The minimum Gasteiger partial charge on any atom is -0.357 e. The lowest BCUT2D eigenvalue weighted by molar-refractivity contribution is -0.132. The van der Waals surface area contributed by atoms with Crippen LogP contribution in [0.5, 0.6) is 0 Å². The zero-order valence-electron chi connectivity index (χ0n) is 14.9. The standard InChI is InChI=1S/C16H31N5OS/c1-5-17-15(19-13-6-7-14(22)21(4)10-13)18-11-16(20(2)3)8-9-23-12-16/h13H,5-12H2,1-4H3,(H2,17,18,19). The zero-order valence-corrected chi connectivity index (χ0v) is 15.7. The van der Waals surface area contributed by atoms with E-state index < -0.39 is 0 Å². The molecule has 0 saturated carbocycles. The predicted molar refractivity (Wildman–Crippen MR) is 98.1 cm³/mol. The molecule has 2 rings (SSSR count). The molecule has 2 aliphatic heterocycles. The summed E-state index contributed by atoms with van der Waals surface area (Å²) >= 11 is 2.01. The number of amides is 1. The zero-order chi connectivity index (χ0) is 16.9. The molecule has 0 radical (unpaired) electrons. The molecule has 0 aromatic rings. The summed E-state index contributed by atoms with van der Waals surface area (Å²) in [6, 6.07) is 0.281. The molecule has 2 fully saturated rings. The van der Waals surface area contributed by atoms with Crippen molar-refractivity contribution >= 4 is 23.6 Å². The molecule has 2 atom stereocenters. The van der Waals surface area contributed by atoms with Gasteiger partial charge in [0, 0.05) is 43.9 Å². The largest absolute Gasteiger partial charge is 0.357 e. The molecule has 2 N–H and O–H groups in total. The number of hydrogen-bond acceptors (Lipinski definition) is 4. The highest BCUT2D eigenvalue weighted by molar-refractivity contribution is 7.99. The average Bonchev–Trinajstić information content (AvgIpc) is 2.99. The fourth-order valence-corrected chi connectivity index (χ4v) is 4.63. The maximum absolute atomic E-state index is 11.6. The van der Waals surface area contributed by atoms with E-state index in [4.69, 9.17) is 4.99 Å². The van der Waals surface area contributed by atoms with Crippen molar-refractivity contribution in [1.82, 2.24) is 20.4 Å². The predicted octanol–water partition coefficient (Wildman–Crippen LogP) is 0.600. The van der Waals surface area contributed by atoms with Gasteiger partial charge in [0.15, 0.2) is 5.96 Å². The van der Waals surface area contributed by atoms with Gasteiger partial charge in [0.2, 0.25) is 5.91 Å². The summed E-state index contributed by atoms with van der Waals surface area (Å²) < 4.78 is 0. The van der Waals surface area contributed by atoms with E-state index in [2.05, 4.69) is 36.6 Å². The first-order chi connectivity index (χ1) is 11.0. The summed E-state index contributed by atoms with van der Waals surface area (Å²) in [6.07, 6.45) is 2.68. The first-order valence-corrected chi connectivity index (χ1v) is 9.66. The van der Waals surface area contributed by atoms with Crippen LogP contribution in [0.3, 0.4) is 0 Å². The summed E-state index contributed by atoms with van der Waals surface area (Å²) in [4.78, 5) is 20.6. The highest BCUT2D eigenvalue weighted by atomic mass is 32.2. The van der Waals surface area contributed by atoms with E-state index in [-0.39, 0.29) is 17.5 Å². The van der Waals surface area contributed by atoms with Crippen LogP contribution in [-0.2, 0) is 4.79 Å². The number of nitrogens with zero attached hydrogens (tertiary/aromatic N) is 3. The van der Waals surface area contributed by atoms with Gasteiger partial charge in [0.1, 0.15) is 0 Å². The van der Waals surface area contributed by atoms with E-state index in [9.17, 15) is 4.79 Å². The number of carbonyl (C=O) groups is 1. The smallest absolute Gasteiger partial charge is 0.222 e. The van der Waals surface area contributed by atoms with E-state index in [0.717, 1.165) is 37.8 Å². The number of guanidine groups is 1. The van der Waals surface area contributed by atoms with Crippen molar-refractivity contribution in [3.63, 3.8) is 0 Å². The van der Waals surface area contributed by atoms with Crippen LogP contribution in [0.4, 0.5) is 0 Å². The lowest BCUT2D eigenvalue weighted by Gasteiger charge is -2.35. The second-order valence-corrected chi connectivity index (χ2v) is 7.88. The first-order valence-electron chi connectivity index (χ1n) is 8.51. The molecule has 7 heteroatoms. The number of carbonyl (C=O) groups excluding carboxylic acids is 1. The highest BCUT2D eigenvalue weighted by Gasteiger charge is 2.36. The van der Waals surface area contributed by atoms with E-state index >= 15 is 0 Å². The van der Waals surface area contributed by atoms with Gasteiger partial charge in [-0.3, -0.25) is 9.79 Å². The second kappa shape index (κ2) is 8.24. The van der Waals surface area contributed by atoms with E-state index in [1.54, 1.807) is 4.90 Å². The van der Waals surface area contributed by atoms with Crippen molar-refractivity contribution in [1.29, 1.82) is 0 Å². The summed E-state index contributed by atoms with van der Waals surface area (Å²) in [5.41, 5.74) is 0.173.